The number of carboxylic acids is 1. The Morgan fingerprint density at radius 3 is 2.36 bits per heavy atom. The van der Waals surface area contributed by atoms with Crippen LogP contribution < -0.4 is 5.32 Å². The number of anilines is 1. The highest BCUT2D eigenvalue weighted by atomic mass is 32.1. The highest BCUT2D eigenvalue weighted by Crippen LogP contribution is 2.49. The molecular weight excluding hydrogens is 378 g/mol. The van der Waals surface area contributed by atoms with Gasteiger partial charge in [0.05, 0.1) is 24.0 Å². The highest BCUT2D eigenvalue weighted by molar-refractivity contribution is 7.17. The molecule has 0 unspecified atom stereocenters. The zero-order valence-electron chi connectivity index (χ0n) is 16.2. The van der Waals surface area contributed by atoms with Crippen molar-refractivity contribution in [2.45, 2.75) is 58.3 Å². The minimum Gasteiger partial charge on any atom is -0.481 e. The van der Waals surface area contributed by atoms with E-state index in [0.717, 1.165) is 61.8 Å². The van der Waals surface area contributed by atoms with Crippen LogP contribution in [-0.2, 0) is 27.2 Å². The highest BCUT2D eigenvalue weighted by Gasteiger charge is 2.50. The number of carbonyl (C=O) groups excluding carboxylic acids is 2. The molecule has 2 N–H and O–H groups in total. The lowest BCUT2D eigenvalue weighted by Gasteiger charge is -2.45. The third kappa shape index (κ3) is 3.34. The van der Waals surface area contributed by atoms with Gasteiger partial charge in [0.25, 0.3) is 0 Å². The van der Waals surface area contributed by atoms with Gasteiger partial charge in [-0.3, -0.25) is 9.59 Å². The van der Waals surface area contributed by atoms with Crippen LogP contribution in [0.5, 0.6) is 0 Å². The van der Waals surface area contributed by atoms with Gasteiger partial charge in [0.2, 0.25) is 5.91 Å². The number of ether oxygens (including phenoxy) is 1. The Labute approximate surface area is 168 Å². The smallest absolute Gasteiger partial charge is 0.341 e. The van der Waals surface area contributed by atoms with Crippen LogP contribution in [0.3, 0.4) is 0 Å². The van der Waals surface area contributed by atoms with Crippen LogP contribution in [0, 0.1) is 23.7 Å². The summed E-state index contributed by atoms with van der Waals surface area (Å²) >= 11 is 1.46. The number of esters is 1. The summed E-state index contributed by atoms with van der Waals surface area (Å²) < 4.78 is 5.25. The van der Waals surface area contributed by atoms with Crippen LogP contribution in [0.4, 0.5) is 5.00 Å². The molecule has 0 spiro atoms. The van der Waals surface area contributed by atoms with Gasteiger partial charge >= 0.3 is 11.9 Å². The number of carbonyl (C=O) groups is 3. The molecule has 0 aromatic carbocycles. The fourth-order valence-electron chi connectivity index (χ4n) is 5.45. The zero-order chi connectivity index (χ0) is 19.8. The molecule has 7 heteroatoms. The van der Waals surface area contributed by atoms with E-state index in [1.807, 2.05) is 0 Å². The summed E-state index contributed by atoms with van der Waals surface area (Å²) in [6.45, 7) is 2.05. The number of aliphatic carboxylic acids is 1. The minimum absolute atomic E-state index is 0.0827. The number of hydrogen-bond donors (Lipinski definition) is 2. The number of amides is 1. The van der Waals surface area contributed by atoms with Crippen LogP contribution in [0.1, 0.15) is 66.2 Å². The lowest BCUT2D eigenvalue weighted by Crippen LogP contribution is -2.49. The summed E-state index contributed by atoms with van der Waals surface area (Å²) in [6.07, 6.45) is 7.46. The second kappa shape index (κ2) is 7.85. The SMILES string of the molecule is CCOC(=O)c1c(NC(=O)[C@H]2C3CCC(CC3)[C@H]2C(=O)O)sc2c1CCCC2. The second-order valence-electron chi connectivity index (χ2n) is 8.19. The lowest BCUT2D eigenvalue weighted by atomic mass is 9.58. The van der Waals surface area contributed by atoms with E-state index in [1.165, 1.54) is 11.3 Å². The molecule has 28 heavy (non-hydrogen) atoms. The predicted octanol–water partition coefficient (Wildman–Crippen LogP) is 3.88. The molecular formula is C21H27NO5S. The molecule has 1 aromatic rings. The molecule has 1 amide bonds. The zero-order valence-corrected chi connectivity index (χ0v) is 17.0. The van der Waals surface area contributed by atoms with Crippen molar-refractivity contribution >= 4 is 34.2 Å². The number of thiophene rings is 1. The molecule has 1 aromatic heterocycles. The topological polar surface area (TPSA) is 92.7 Å². The molecule has 3 saturated carbocycles. The first-order valence-electron chi connectivity index (χ1n) is 10.4. The quantitative estimate of drug-likeness (QED) is 0.725. The lowest BCUT2D eigenvalue weighted by molar-refractivity contribution is -0.156. The van der Waals surface area contributed by atoms with Crippen molar-refractivity contribution in [2.24, 2.45) is 23.7 Å². The van der Waals surface area contributed by atoms with E-state index >= 15 is 0 Å². The Morgan fingerprint density at radius 1 is 1.07 bits per heavy atom. The largest absolute Gasteiger partial charge is 0.481 e. The Morgan fingerprint density at radius 2 is 1.71 bits per heavy atom. The van der Waals surface area contributed by atoms with E-state index in [0.29, 0.717) is 10.6 Å². The minimum atomic E-state index is -0.870. The normalized spacial score (nSPS) is 28.5. The molecule has 2 bridgehead atoms. The van der Waals surface area contributed by atoms with Crippen LogP contribution >= 0.6 is 11.3 Å². The number of rotatable bonds is 5. The van der Waals surface area contributed by atoms with Gasteiger partial charge in [-0.1, -0.05) is 0 Å². The van der Waals surface area contributed by atoms with E-state index in [4.69, 9.17) is 4.74 Å². The van der Waals surface area contributed by atoms with Gasteiger partial charge in [0.1, 0.15) is 5.00 Å². The third-order valence-corrected chi connectivity index (χ3v) is 7.90. The van der Waals surface area contributed by atoms with Crippen LogP contribution in [0.25, 0.3) is 0 Å². The molecule has 2 atom stereocenters. The van der Waals surface area contributed by atoms with Gasteiger partial charge in [-0.25, -0.2) is 4.79 Å². The fourth-order valence-corrected chi connectivity index (χ4v) is 6.73. The molecule has 3 fully saturated rings. The van der Waals surface area contributed by atoms with Crippen LogP contribution in [0.15, 0.2) is 0 Å². The van der Waals surface area contributed by atoms with E-state index in [-0.39, 0.29) is 24.3 Å². The first kappa shape index (κ1) is 19.4. The maximum absolute atomic E-state index is 13.2. The molecule has 0 radical (unpaired) electrons. The Balaban J connectivity index is 1.63. The first-order chi connectivity index (χ1) is 13.5. The fraction of sp³-hybridized carbons (Fsp3) is 0.667. The molecule has 1 heterocycles. The molecule has 4 aliphatic carbocycles. The number of fused-ring (bicyclic) bond motifs is 4. The molecule has 0 aliphatic heterocycles. The molecule has 4 aliphatic rings. The van der Waals surface area contributed by atoms with Gasteiger partial charge in [-0.2, -0.15) is 0 Å². The van der Waals surface area contributed by atoms with Gasteiger partial charge in [0, 0.05) is 4.88 Å². The number of carboxylic acid groups (broad SMARTS) is 1. The van der Waals surface area contributed by atoms with Crippen molar-refractivity contribution in [2.75, 3.05) is 11.9 Å². The predicted molar refractivity (Wildman–Crippen MR) is 106 cm³/mol. The molecule has 0 saturated heterocycles. The van der Waals surface area contributed by atoms with Crippen molar-refractivity contribution < 1.29 is 24.2 Å². The van der Waals surface area contributed by atoms with E-state index in [2.05, 4.69) is 5.32 Å². The first-order valence-corrected chi connectivity index (χ1v) is 11.2. The van der Waals surface area contributed by atoms with Crippen LogP contribution in [-0.4, -0.2) is 29.6 Å². The second-order valence-corrected chi connectivity index (χ2v) is 9.29. The van der Waals surface area contributed by atoms with E-state index in [1.54, 1.807) is 6.92 Å². The van der Waals surface area contributed by atoms with E-state index in [9.17, 15) is 19.5 Å². The third-order valence-electron chi connectivity index (χ3n) is 6.69. The van der Waals surface area contributed by atoms with Crippen molar-refractivity contribution in [3.05, 3.63) is 16.0 Å². The summed E-state index contributed by atoms with van der Waals surface area (Å²) in [4.78, 5) is 38.8. The summed E-state index contributed by atoms with van der Waals surface area (Å²) in [5.74, 6) is -2.44. The average molecular weight is 406 g/mol. The number of nitrogens with one attached hydrogen (secondary N) is 1. The summed E-state index contributed by atoms with van der Waals surface area (Å²) in [5.41, 5.74) is 1.49. The van der Waals surface area contributed by atoms with Crippen LogP contribution in [0.2, 0.25) is 0 Å². The van der Waals surface area contributed by atoms with Crippen molar-refractivity contribution in [3.63, 3.8) is 0 Å². The number of aryl methyl sites for hydroxylation is 1. The van der Waals surface area contributed by atoms with Crippen molar-refractivity contribution in [1.82, 2.24) is 0 Å². The average Bonchev–Trinajstić information content (AvgIpc) is 3.06. The van der Waals surface area contributed by atoms with Gasteiger partial charge < -0.3 is 15.2 Å². The maximum Gasteiger partial charge on any atom is 0.341 e. The maximum atomic E-state index is 13.2. The summed E-state index contributed by atoms with van der Waals surface area (Å²) in [6, 6.07) is 0. The molecule has 6 nitrogen and oxygen atoms in total. The van der Waals surface area contributed by atoms with Gasteiger partial charge in [0.15, 0.2) is 0 Å². The van der Waals surface area contributed by atoms with Crippen molar-refractivity contribution in [1.29, 1.82) is 0 Å². The van der Waals surface area contributed by atoms with E-state index < -0.39 is 23.8 Å². The number of hydrogen-bond acceptors (Lipinski definition) is 5. The standard InChI is InChI=1S/C21H27NO5S/c1-2-27-21(26)17-13-5-3-4-6-14(13)28-19(17)22-18(23)15-11-7-9-12(10-8-11)16(15)20(24)25/h11-12,15-16H,2-10H2,1H3,(H,22,23)(H,24,25)/t11?,12?,15-,16+/m0/s1. The Bertz CT molecular complexity index is 793. The molecule has 5 rings (SSSR count). The van der Waals surface area contributed by atoms with Gasteiger partial charge in [-0.15, -0.1) is 11.3 Å². The monoisotopic (exact) mass is 405 g/mol. The Hall–Kier alpha value is -1.89. The van der Waals surface area contributed by atoms with Gasteiger partial charge in [-0.05, 0) is 75.7 Å². The summed E-state index contributed by atoms with van der Waals surface area (Å²) in [7, 11) is 0. The Kier molecular flexibility index (Phi) is 5.45. The van der Waals surface area contributed by atoms with Crippen molar-refractivity contribution in [3.8, 4) is 0 Å². The molecule has 152 valence electrons. The summed E-state index contributed by atoms with van der Waals surface area (Å²) in [5, 5.41) is 13.2.